The second-order valence-corrected chi connectivity index (χ2v) is 6.50. The van der Waals surface area contributed by atoms with E-state index in [1.165, 1.54) is 12.8 Å². The summed E-state index contributed by atoms with van der Waals surface area (Å²) in [5, 5.41) is 2.65. The van der Waals surface area contributed by atoms with Gasteiger partial charge < -0.3 is 14.6 Å². The van der Waals surface area contributed by atoms with Crippen molar-refractivity contribution < 1.29 is 9.53 Å². The molecule has 4 rings (SSSR count). The molecule has 5 nitrogen and oxygen atoms in total. The number of fused-ring (bicyclic) bond motifs is 1. The third kappa shape index (κ3) is 2.97. The average Bonchev–Trinajstić information content (AvgIpc) is 3.41. The fourth-order valence-corrected chi connectivity index (χ4v) is 3.12. The van der Waals surface area contributed by atoms with Crippen LogP contribution in [0.1, 0.15) is 23.2 Å². The molecule has 1 heterocycles. The highest BCUT2D eigenvalue weighted by atomic mass is 16.5. The van der Waals surface area contributed by atoms with Crippen LogP contribution in [-0.2, 0) is 6.54 Å². The monoisotopic (exact) mass is 335 g/mol. The van der Waals surface area contributed by atoms with Crippen LogP contribution in [0.5, 0.6) is 5.75 Å². The Morgan fingerprint density at radius 2 is 2.00 bits per heavy atom. The predicted molar refractivity (Wildman–Crippen MR) is 97.8 cm³/mol. The molecule has 1 aromatic heterocycles. The zero-order valence-electron chi connectivity index (χ0n) is 14.5. The first-order valence-electron chi connectivity index (χ1n) is 8.56. The second-order valence-electron chi connectivity index (χ2n) is 6.50. The van der Waals surface area contributed by atoms with Gasteiger partial charge in [-0.2, -0.15) is 0 Å². The van der Waals surface area contributed by atoms with E-state index in [0.717, 1.165) is 40.6 Å². The Morgan fingerprint density at radius 1 is 1.24 bits per heavy atom. The van der Waals surface area contributed by atoms with E-state index in [9.17, 15) is 4.79 Å². The Hall–Kier alpha value is -2.82. The van der Waals surface area contributed by atoms with Crippen molar-refractivity contribution in [1.29, 1.82) is 0 Å². The van der Waals surface area contributed by atoms with E-state index in [-0.39, 0.29) is 5.91 Å². The van der Waals surface area contributed by atoms with E-state index in [0.29, 0.717) is 5.56 Å². The molecule has 1 aliphatic carbocycles. The van der Waals surface area contributed by atoms with Crippen LogP contribution in [0.3, 0.4) is 0 Å². The number of imidazole rings is 1. The molecule has 25 heavy (non-hydrogen) atoms. The molecule has 0 spiro atoms. The van der Waals surface area contributed by atoms with E-state index in [4.69, 9.17) is 9.72 Å². The molecular weight excluding hydrogens is 314 g/mol. The lowest BCUT2D eigenvalue weighted by Crippen LogP contribution is -2.17. The maximum atomic E-state index is 11.7. The number of carbonyl (C=O) groups excluding carboxylic acids is 1. The number of ether oxygens (including phenoxy) is 1. The van der Waals surface area contributed by atoms with Gasteiger partial charge in [0.2, 0.25) is 0 Å². The lowest BCUT2D eigenvalue weighted by atomic mass is 10.1. The van der Waals surface area contributed by atoms with Crippen molar-refractivity contribution in [3.05, 3.63) is 48.0 Å². The molecule has 0 aliphatic heterocycles. The summed E-state index contributed by atoms with van der Waals surface area (Å²) in [7, 11) is 3.31. The maximum Gasteiger partial charge on any atom is 0.251 e. The average molecular weight is 335 g/mol. The summed E-state index contributed by atoms with van der Waals surface area (Å²) in [5.41, 5.74) is 3.73. The van der Waals surface area contributed by atoms with Gasteiger partial charge in [0.05, 0.1) is 18.1 Å². The fraction of sp³-hybridized carbons (Fsp3) is 0.300. The van der Waals surface area contributed by atoms with E-state index in [1.54, 1.807) is 14.2 Å². The molecule has 1 N–H and O–H groups in total. The molecule has 5 heteroatoms. The summed E-state index contributed by atoms with van der Waals surface area (Å²) in [6, 6.07) is 13.6. The highest BCUT2D eigenvalue weighted by molar-refractivity contribution is 5.94. The van der Waals surface area contributed by atoms with E-state index >= 15 is 0 Å². The van der Waals surface area contributed by atoms with Gasteiger partial charge in [0.25, 0.3) is 5.91 Å². The lowest BCUT2D eigenvalue weighted by molar-refractivity contribution is 0.0963. The third-order valence-corrected chi connectivity index (χ3v) is 4.73. The van der Waals surface area contributed by atoms with Gasteiger partial charge in [0.15, 0.2) is 0 Å². The van der Waals surface area contributed by atoms with Gasteiger partial charge in [0.1, 0.15) is 11.6 Å². The van der Waals surface area contributed by atoms with Gasteiger partial charge >= 0.3 is 0 Å². The first-order valence-corrected chi connectivity index (χ1v) is 8.56. The predicted octanol–water partition coefficient (Wildman–Crippen LogP) is 3.48. The Balaban J connectivity index is 1.80. The molecular formula is C20H21N3O2. The SMILES string of the molecule is CNC(=O)c1ccc(-c2nc3cc(OC)ccc3n2CC2CC2)cc1. The van der Waals surface area contributed by atoms with Gasteiger partial charge in [0, 0.05) is 30.8 Å². The van der Waals surface area contributed by atoms with E-state index in [1.807, 2.05) is 36.4 Å². The van der Waals surface area contributed by atoms with Crippen molar-refractivity contribution in [2.45, 2.75) is 19.4 Å². The summed E-state index contributed by atoms with van der Waals surface area (Å²) < 4.78 is 7.62. The van der Waals surface area contributed by atoms with Crippen LogP contribution in [0, 0.1) is 5.92 Å². The zero-order chi connectivity index (χ0) is 17.4. The first-order chi connectivity index (χ1) is 12.2. The summed E-state index contributed by atoms with van der Waals surface area (Å²) in [4.78, 5) is 16.6. The van der Waals surface area contributed by atoms with Gasteiger partial charge in [-0.15, -0.1) is 0 Å². The Kier molecular flexibility index (Phi) is 3.92. The molecule has 2 aromatic carbocycles. The summed E-state index contributed by atoms with van der Waals surface area (Å²) in [5.74, 6) is 2.41. The molecule has 0 radical (unpaired) electrons. The van der Waals surface area contributed by atoms with Crippen LogP contribution >= 0.6 is 0 Å². The van der Waals surface area contributed by atoms with Gasteiger partial charge in [-0.3, -0.25) is 4.79 Å². The Labute approximate surface area is 146 Å². The molecule has 1 saturated carbocycles. The number of rotatable bonds is 5. The van der Waals surface area contributed by atoms with Gasteiger partial charge in [-0.05, 0) is 43.0 Å². The van der Waals surface area contributed by atoms with E-state index in [2.05, 4.69) is 16.0 Å². The largest absolute Gasteiger partial charge is 0.497 e. The zero-order valence-corrected chi connectivity index (χ0v) is 14.5. The normalized spacial score (nSPS) is 13.8. The number of carbonyl (C=O) groups is 1. The van der Waals surface area contributed by atoms with Crippen molar-refractivity contribution in [1.82, 2.24) is 14.9 Å². The van der Waals surface area contributed by atoms with Crippen molar-refractivity contribution in [2.24, 2.45) is 5.92 Å². The first kappa shape index (κ1) is 15.7. The minimum absolute atomic E-state index is 0.0808. The number of nitrogens with one attached hydrogen (secondary N) is 1. The molecule has 0 unspecified atom stereocenters. The minimum Gasteiger partial charge on any atom is -0.497 e. The quantitative estimate of drug-likeness (QED) is 0.776. The summed E-state index contributed by atoms with van der Waals surface area (Å²) in [6.45, 7) is 0.982. The minimum atomic E-state index is -0.0808. The highest BCUT2D eigenvalue weighted by Gasteiger charge is 2.24. The molecule has 128 valence electrons. The van der Waals surface area contributed by atoms with Crippen LogP contribution in [0.25, 0.3) is 22.4 Å². The van der Waals surface area contributed by atoms with Gasteiger partial charge in [-0.1, -0.05) is 12.1 Å². The Morgan fingerprint density at radius 3 is 2.64 bits per heavy atom. The number of nitrogens with zero attached hydrogens (tertiary/aromatic N) is 2. The summed E-state index contributed by atoms with van der Waals surface area (Å²) in [6.07, 6.45) is 2.57. The second kappa shape index (κ2) is 6.24. The fourth-order valence-electron chi connectivity index (χ4n) is 3.12. The molecule has 1 fully saturated rings. The number of benzene rings is 2. The molecule has 0 bridgehead atoms. The molecule has 1 aliphatic rings. The van der Waals surface area contributed by atoms with Crippen molar-refractivity contribution in [3.63, 3.8) is 0 Å². The number of hydrogen-bond acceptors (Lipinski definition) is 3. The van der Waals surface area contributed by atoms with Crippen LogP contribution in [-0.4, -0.2) is 29.6 Å². The number of methoxy groups -OCH3 is 1. The molecule has 0 atom stereocenters. The van der Waals surface area contributed by atoms with Crippen LogP contribution in [0.2, 0.25) is 0 Å². The smallest absolute Gasteiger partial charge is 0.251 e. The summed E-state index contributed by atoms with van der Waals surface area (Å²) >= 11 is 0. The molecule has 1 amide bonds. The number of amides is 1. The standard InChI is InChI=1S/C20H21N3O2/c1-21-20(24)15-7-5-14(6-8-15)19-22-17-11-16(25-2)9-10-18(17)23(19)12-13-3-4-13/h5-11,13H,3-4,12H2,1-2H3,(H,21,24). The number of aromatic nitrogens is 2. The topological polar surface area (TPSA) is 56.1 Å². The van der Waals surface area contributed by atoms with Crippen LogP contribution < -0.4 is 10.1 Å². The molecule has 3 aromatic rings. The Bertz CT molecular complexity index is 924. The van der Waals surface area contributed by atoms with Crippen LogP contribution in [0.15, 0.2) is 42.5 Å². The van der Waals surface area contributed by atoms with Crippen molar-refractivity contribution >= 4 is 16.9 Å². The maximum absolute atomic E-state index is 11.7. The molecule has 0 saturated heterocycles. The number of hydrogen-bond donors (Lipinski definition) is 1. The lowest BCUT2D eigenvalue weighted by Gasteiger charge is -2.09. The van der Waals surface area contributed by atoms with Crippen molar-refractivity contribution in [3.8, 4) is 17.1 Å². The van der Waals surface area contributed by atoms with Crippen molar-refractivity contribution in [2.75, 3.05) is 14.2 Å². The van der Waals surface area contributed by atoms with Gasteiger partial charge in [-0.25, -0.2) is 4.98 Å². The van der Waals surface area contributed by atoms with E-state index < -0.39 is 0 Å². The highest BCUT2D eigenvalue weighted by Crippen LogP contribution is 2.35. The van der Waals surface area contributed by atoms with Crippen LogP contribution in [0.4, 0.5) is 0 Å². The third-order valence-electron chi connectivity index (χ3n) is 4.73.